The van der Waals surface area contributed by atoms with Gasteiger partial charge in [0.15, 0.2) is 11.5 Å². The zero-order chi connectivity index (χ0) is 12.3. The smallest absolute Gasteiger partial charge is 0.169 e. The molecule has 2 aromatic rings. The Kier molecular flexibility index (Phi) is 3.63. The van der Waals surface area contributed by atoms with Gasteiger partial charge in [-0.3, -0.25) is 0 Å². The Balaban J connectivity index is 2.30. The van der Waals surface area contributed by atoms with Crippen molar-refractivity contribution in [2.45, 2.75) is 12.6 Å². The highest BCUT2D eigenvalue weighted by Gasteiger charge is 2.15. The number of furan rings is 1. The van der Waals surface area contributed by atoms with Crippen LogP contribution in [0.5, 0.6) is 5.75 Å². The van der Waals surface area contributed by atoms with Crippen LogP contribution in [0, 0.1) is 0 Å². The maximum atomic E-state index is 9.26. The number of ether oxygens (including phenoxy) is 1. The summed E-state index contributed by atoms with van der Waals surface area (Å²) in [5, 5.41) is 18.8. The van der Waals surface area contributed by atoms with Crippen molar-refractivity contribution >= 4 is 11.0 Å². The fourth-order valence-corrected chi connectivity index (χ4v) is 1.60. The third-order valence-corrected chi connectivity index (χ3v) is 2.43. The molecule has 1 atom stereocenters. The Morgan fingerprint density at radius 3 is 2.82 bits per heavy atom. The molecule has 5 nitrogen and oxygen atoms in total. The number of benzene rings is 1. The standard InChI is InChI=1S/C12H15NO4/c13-5-11-12(16-7-8(15)6-14)9-3-1-2-4-10(9)17-11/h1-4,8,14-15H,5-7,13H2. The molecule has 0 spiro atoms. The number of rotatable bonds is 5. The molecule has 92 valence electrons. The lowest BCUT2D eigenvalue weighted by Crippen LogP contribution is -2.21. The van der Waals surface area contributed by atoms with Crippen LogP contribution in [0.25, 0.3) is 11.0 Å². The second-order valence-electron chi connectivity index (χ2n) is 3.70. The zero-order valence-electron chi connectivity index (χ0n) is 9.30. The fourth-order valence-electron chi connectivity index (χ4n) is 1.60. The van der Waals surface area contributed by atoms with Crippen molar-refractivity contribution in [1.29, 1.82) is 0 Å². The Bertz CT molecular complexity index is 494. The van der Waals surface area contributed by atoms with Gasteiger partial charge < -0.3 is 25.1 Å². The Morgan fingerprint density at radius 1 is 1.35 bits per heavy atom. The summed E-state index contributed by atoms with van der Waals surface area (Å²) in [6.07, 6.45) is -0.908. The van der Waals surface area contributed by atoms with Crippen LogP contribution >= 0.6 is 0 Å². The maximum Gasteiger partial charge on any atom is 0.169 e. The highest BCUT2D eigenvalue weighted by atomic mass is 16.5. The van der Waals surface area contributed by atoms with Gasteiger partial charge in [0, 0.05) is 0 Å². The van der Waals surface area contributed by atoms with E-state index in [1.807, 2.05) is 24.3 Å². The predicted octanol–water partition coefficient (Wildman–Crippen LogP) is 0.623. The Hall–Kier alpha value is -1.56. The van der Waals surface area contributed by atoms with Crippen molar-refractivity contribution in [3.8, 4) is 5.75 Å². The van der Waals surface area contributed by atoms with Gasteiger partial charge in [0.25, 0.3) is 0 Å². The SMILES string of the molecule is NCc1oc2ccccc2c1OCC(O)CO. The van der Waals surface area contributed by atoms with Gasteiger partial charge in [0.05, 0.1) is 18.5 Å². The van der Waals surface area contributed by atoms with Crippen LogP contribution in [0.4, 0.5) is 0 Å². The Labute approximate surface area is 98.4 Å². The highest BCUT2D eigenvalue weighted by Crippen LogP contribution is 2.32. The second kappa shape index (κ2) is 5.18. The summed E-state index contributed by atoms with van der Waals surface area (Å²) in [6.45, 7) is -0.111. The topological polar surface area (TPSA) is 88.9 Å². The molecule has 0 amide bonds. The minimum absolute atomic E-state index is 0.00697. The number of hydrogen-bond donors (Lipinski definition) is 3. The van der Waals surface area contributed by atoms with Gasteiger partial charge >= 0.3 is 0 Å². The van der Waals surface area contributed by atoms with Crippen LogP contribution in [-0.2, 0) is 6.54 Å². The molecule has 1 unspecified atom stereocenters. The summed E-state index contributed by atoms with van der Waals surface area (Å²) >= 11 is 0. The monoisotopic (exact) mass is 237 g/mol. The first-order valence-electron chi connectivity index (χ1n) is 5.38. The molecule has 1 aromatic carbocycles. The number of fused-ring (bicyclic) bond motifs is 1. The van der Waals surface area contributed by atoms with Crippen molar-refractivity contribution in [2.24, 2.45) is 5.73 Å². The number of para-hydroxylation sites is 1. The molecule has 5 heteroatoms. The molecule has 0 saturated carbocycles. The summed E-state index contributed by atoms with van der Waals surface area (Å²) in [7, 11) is 0. The summed E-state index contributed by atoms with van der Waals surface area (Å²) in [5.74, 6) is 1.08. The first kappa shape index (κ1) is 11.9. The van der Waals surface area contributed by atoms with Crippen LogP contribution in [0.2, 0.25) is 0 Å². The van der Waals surface area contributed by atoms with Crippen LogP contribution in [0.1, 0.15) is 5.76 Å². The van der Waals surface area contributed by atoms with Gasteiger partial charge in [-0.1, -0.05) is 12.1 Å². The van der Waals surface area contributed by atoms with Gasteiger partial charge in [-0.05, 0) is 12.1 Å². The Morgan fingerprint density at radius 2 is 2.12 bits per heavy atom. The van der Waals surface area contributed by atoms with Gasteiger partial charge in [-0.15, -0.1) is 0 Å². The normalized spacial score (nSPS) is 12.9. The van der Waals surface area contributed by atoms with Crippen molar-refractivity contribution < 1.29 is 19.4 Å². The molecule has 0 radical (unpaired) electrons. The van der Waals surface area contributed by atoms with Crippen molar-refractivity contribution in [2.75, 3.05) is 13.2 Å². The van der Waals surface area contributed by atoms with E-state index in [1.165, 1.54) is 0 Å². The van der Waals surface area contributed by atoms with Gasteiger partial charge in [-0.25, -0.2) is 0 Å². The van der Waals surface area contributed by atoms with Gasteiger partial charge in [0.2, 0.25) is 0 Å². The van der Waals surface area contributed by atoms with Crippen LogP contribution in [0.3, 0.4) is 0 Å². The second-order valence-corrected chi connectivity index (χ2v) is 3.70. The van der Waals surface area contributed by atoms with E-state index in [0.717, 1.165) is 5.39 Å². The first-order valence-corrected chi connectivity index (χ1v) is 5.38. The van der Waals surface area contributed by atoms with E-state index in [9.17, 15) is 5.11 Å². The van der Waals surface area contributed by atoms with Gasteiger partial charge in [0.1, 0.15) is 18.3 Å². The molecule has 1 aromatic heterocycles. The van der Waals surface area contributed by atoms with E-state index >= 15 is 0 Å². The van der Waals surface area contributed by atoms with E-state index in [-0.39, 0.29) is 19.8 Å². The van der Waals surface area contributed by atoms with Crippen LogP contribution in [-0.4, -0.2) is 29.5 Å². The van der Waals surface area contributed by atoms with Crippen molar-refractivity contribution in [1.82, 2.24) is 0 Å². The molecule has 2 rings (SSSR count). The molecule has 0 aliphatic heterocycles. The average Bonchev–Trinajstić information content (AvgIpc) is 2.73. The summed E-state index contributed by atoms with van der Waals surface area (Å²) in [6, 6.07) is 7.41. The lowest BCUT2D eigenvalue weighted by atomic mass is 10.2. The molecular formula is C12H15NO4. The fraction of sp³-hybridized carbons (Fsp3) is 0.333. The molecule has 0 bridgehead atoms. The largest absolute Gasteiger partial charge is 0.486 e. The van der Waals surface area contributed by atoms with Gasteiger partial charge in [-0.2, -0.15) is 0 Å². The number of nitrogens with two attached hydrogens (primary N) is 1. The average molecular weight is 237 g/mol. The van der Waals surface area contributed by atoms with Crippen molar-refractivity contribution in [3.05, 3.63) is 30.0 Å². The molecular weight excluding hydrogens is 222 g/mol. The quantitative estimate of drug-likeness (QED) is 0.709. The highest BCUT2D eigenvalue weighted by molar-refractivity contribution is 5.85. The van der Waals surface area contributed by atoms with E-state index in [1.54, 1.807) is 0 Å². The molecule has 0 aliphatic rings. The third kappa shape index (κ3) is 2.41. The van der Waals surface area contributed by atoms with Crippen LogP contribution < -0.4 is 10.5 Å². The van der Waals surface area contributed by atoms with E-state index in [0.29, 0.717) is 17.1 Å². The van der Waals surface area contributed by atoms with E-state index in [2.05, 4.69) is 0 Å². The molecule has 4 N–H and O–H groups in total. The molecule has 0 aliphatic carbocycles. The maximum absolute atomic E-state index is 9.26. The summed E-state index contributed by atoms with van der Waals surface area (Å²) < 4.78 is 11.0. The number of hydrogen-bond acceptors (Lipinski definition) is 5. The van der Waals surface area contributed by atoms with E-state index < -0.39 is 6.10 Å². The molecule has 0 fully saturated rings. The summed E-state index contributed by atoms with van der Waals surface area (Å²) in [4.78, 5) is 0. The minimum Gasteiger partial charge on any atom is -0.486 e. The number of aliphatic hydroxyl groups is 2. The first-order chi connectivity index (χ1) is 8.26. The number of aliphatic hydroxyl groups excluding tert-OH is 2. The van der Waals surface area contributed by atoms with Crippen LogP contribution in [0.15, 0.2) is 28.7 Å². The lowest BCUT2D eigenvalue weighted by Gasteiger charge is -2.09. The van der Waals surface area contributed by atoms with E-state index in [4.69, 9.17) is 20.0 Å². The third-order valence-electron chi connectivity index (χ3n) is 2.43. The molecule has 0 saturated heterocycles. The zero-order valence-corrected chi connectivity index (χ0v) is 9.30. The summed E-state index contributed by atoms with van der Waals surface area (Å²) in [5.41, 5.74) is 6.26. The molecule has 17 heavy (non-hydrogen) atoms. The lowest BCUT2D eigenvalue weighted by molar-refractivity contribution is 0.0534. The predicted molar refractivity (Wildman–Crippen MR) is 62.7 cm³/mol. The van der Waals surface area contributed by atoms with Crippen molar-refractivity contribution in [3.63, 3.8) is 0 Å². The minimum atomic E-state index is -0.908. The molecule has 1 heterocycles.